The van der Waals surface area contributed by atoms with Crippen LogP contribution in [-0.2, 0) is 11.3 Å². The normalized spacial score (nSPS) is 11.1. The molecule has 1 aromatic heterocycles. The lowest BCUT2D eigenvalue weighted by atomic mass is 10.1. The highest BCUT2D eigenvalue weighted by Crippen LogP contribution is 2.18. The van der Waals surface area contributed by atoms with Crippen LogP contribution in [0.15, 0.2) is 35.5 Å². The zero-order chi connectivity index (χ0) is 19.2. The van der Waals surface area contributed by atoms with Crippen molar-refractivity contribution in [2.75, 3.05) is 5.75 Å². The predicted octanol–water partition coefficient (Wildman–Crippen LogP) is 2.02. The zero-order valence-corrected chi connectivity index (χ0v) is 17.0. The highest BCUT2D eigenvalue weighted by Gasteiger charge is 2.14. The smallest absolute Gasteiger partial charge is 0.248 e. The maximum absolute atomic E-state index is 12.0. The van der Waals surface area contributed by atoms with Crippen molar-refractivity contribution in [2.24, 2.45) is 0 Å². The predicted molar refractivity (Wildman–Crippen MR) is 108 cm³/mol. The van der Waals surface area contributed by atoms with E-state index in [0.717, 1.165) is 11.4 Å². The van der Waals surface area contributed by atoms with Crippen molar-refractivity contribution in [3.05, 3.63) is 41.7 Å². The van der Waals surface area contributed by atoms with Gasteiger partial charge in [0, 0.05) is 5.54 Å². The number of thioether (sulfide) groups is 1. The van der Waals surface area contributed by atoms with E-state index in [0.29, 0.717) is 16.8 Å². The van der Waals surface area contributed by atoms with Gasteiger partial charge in [0.1, 0.15) is 5.82 Å². The number of carbonyl (C=O) groups is 1. The summed E-state index contributed by atoms with van der Waals surface area (Å²) in [5, 5.41) is 12.4. The van der Waals surface area contributed by atoms with Gasteiger partial charge in [0.05, 0.1) is 12.3 Å². The number of hydrogen-bond acceptors (Lipinski definition) is 5. The van der Waals surface area contributed by atoms with Crippen LogP contribution in [0.25, 0.3) is 0 Å². The summed E-state index contributed by atoms with van der Waals surface area (Å²) >= 11 is 6.46. The number of benzene rings is 1. The number of carbonyl (C=O) groups excluding carboxylic acids is 1. The minimum absolute atomic E-state index is 0.172. The Morgan fingerprint density at radius 1 is 1.19 bits per heavy atom. The maximum atomic E-state index is 12.0. The van der Waals surface area contributed by atoms with E-state index >= 15 is 0 Å². The van der Waals surface area contributed by atoms with Gasteiger partial charge in [-0.05, 0) is 45.5 Å². The Balaban J connectivity index is 1.86. The number of amides is 1. The van der Waals surface area contributed by atoms with Gasteiger partial charge in [0.2, 0.25) is 5.91 Å². The summed E-state index contributed by atoms with van der Waals surface area (Å²) in [4.78, 5) is 12.0. The second-order valence-electron chi connectivity index (χ2n) is 6.77. The molecule has 0 fully saturated rings. The molecular weight excluding hydrogens is 368 g/mol. The fraction of sp³-hybridized carbons (Fsp3) is 0.412. The van der Waals surface area contributed by atoms with E-state index in [4.69, 9.17) is 12.2 Å². The van der Waals surface area contributed by atoms with Crippen LogP contribution in [0.3, 0.4) is 0 Å². The summed E-state index contributed by atoms with van der Waals surface area (Å²) in [6.07, 6.45) is 0. The van der Waals surface area contributed by atoms with Gasteiger partial charge < -0.3 is 9.88 Å². The van der Waals surface area contributed by atoms with Gasteiger partial charge >= 0.3 is 0 Å². The Kier molecular flexibility index (Phi) is 6.98. The minimum atomic E-state index is -0.194. The first-order valence-corrected chi connectivity index (χ1v) is 9.57. The Bertz CT molecular complexity index is 754. The van der Waals surface area contributed by atoms with Gasteiger partial charge in [0.25, 0.3) is 0 Å². The summed E-state index contributed by atoms with van der Waals surface area (Å²) in [6, 6.07) is 10.1. The molecule has 0 bridgehead atoms. The molecule has 0 unspecified atom stereocenters. The standard InChI is InChI=1S/C17H24N6OS2/c1-12-19-22-16(23(12)10-13-8-6-5-7-9-13)26-11-14(24)20-21-15(25)18-17(2,3)4/h5-9H,10-11H2,1-4H3,(H,20,24)(H2,18,21,25). The molecule has 0 saturated heterocycles. The van der Waals surface area contributed by atoms with Crippen molar-refractivity contribution in [3.63, 3.8) is 0 Å². The summed E-state index contributed by atoms with van der Waals surface area (Å²) in [5.74, 6) is 0.823. The quantitative estimate of drug-likeness (QED) is 0.408. The molecule has 7 nitrogen and oxygen atoms in total. The number of thiocarbonyl (C=S) groups is 1. The minimum Gasteiger partial charge on any atom is -0.357 e. The van der Waals surface area contributed by atoms with E-state index < -0.39 is 0 Å². The van der Waals surface area contributed by atoms with Crippen LogP contribution in [0.1, 0.15) is 32.2 Å². The Hall–Kier alpha value is -2.13. The lowest BCUT2D eigenvalue weighted by Crippen LogP contribution is -2.52. The van der Waals surface area contributed by atoms with Crippen molar-refractivity contribution < 1.29 is 4.79 Å². The van der Waals surface area contributed by atoms with Crippen LogP contribution < -0.4 is 16.2 Å². The second kappa shape index (κ2) is 9.00. The van der Waals surface area contributed by atoms with E-state index in [-0.39, 0.29) is 17.2 Å². The number of hydrazine groups is 1. The Labute approximate surface area is 163 Å². The third-order valence-electron chi connectivity index (χ3n) is 3.22. The highest BCUT2D eigenvalue weighted by atomic mass is 32.2. The lowest BCUT2D eigenvalue weighted by Gasteiger charge is -2.23. The Morgan fingerprint density at radius 2 is 1.88 bits per heavy atom. The van der Waals surface area contributed by atoms with Crippen LogP contribution >= 0.6 is 24.0 Å². The van der Waals surface area contributed by atoms with Gasteiger partial charge in [0.15, 0.2) is 10.3 Å². The largest absolute Gasteiger partial charge is 0.357 e. The summed E-state index contributed by atoms with van der Waals surface area (Å²) in [5.41, 5.74) is 6.26. The summed E-state index contributed by atoms with van der Waals surface area (Å²) < 4.78 is 1.99. The Morgan fingerprint density at radius 3 is 2.54 bits per heavy atom. The van der Waals surface area contributed by atoms with E-state index in [1.54, 1.807) is 0 Å². The SMILES string of the molecule is Cc1nnc(SCC(=O)NNC(=S)NC(C)(C)C)n1Cc1ccccc1. The monoisotopic (exact) mass is 392 g/mol. The van der Waals surface area contributed by atoms with Crippen LogP contribution in [0.4, 0.5) is 0 Å². The first kappa shape index (κ1) is 20.2. The number of rotatable bonds is 5. The number of aryl methyl sites for hydroxylation is 1. The molecule has 3 N–H and O–H groups in total. The molecular formula is C17H24N6OS2. The molecule has 0 saturated carbocycles. The number of nitrogens with zero attached hydrogens (tertiary/aromatic N) is 3. The number of nitrogens with one attached hydrogen (secondary N) is 3. The number of aromatic nitrogens is 3. The van der Waals surface area contributed by atoms with Crippen molar-refractivity contribution in [2.45, 2.75) is 44.9 Å². The third-order valence-corrected chi connectivity index (χ3v) is 4.39. The molecule has 140 valence electrons. The fourth-order valence-electron chi connectivity index (χ4n) is 2.08. The van der Waals surface area contributed by atoms with Gasteiger partial charge in [-0.25, -0.2) is 0 Å². The molecule has 0 aliphatic rings. The van der Waals surface area contributed by atoms with Gasteiger partial charge in [-0.2, -0.15) is 0 Å². The van der Waals surface area contributed by atoms with Crippen molar-refractivity contribution in [1.29, 1.82) is 0 Å². The molecule has 0 spiro atoms. The first-order chi connectivity index (χ1) is 12.2. The summed E-state index contributed by atoms with van der Waals surface area (Å²) in [6.45, 7) is 8.53. The van der Waals surface area contributed by atoms with E-state index in [1.165, 1.54) is 11.8 Å². The molecule has 0 aliphatic heterocycles. The first-order valence-electron chi connectivity index (χ1n) is 8.18. The van der Waals surface area contributed by atoms with Crippen LogP contribution in [-0.4, -0.2) is 37.1 Å². The van der Waals surface area contributed by atoms with E-state index in [2.05, 4.69) is 26.4 Å². The molecule has 26 heavy (non-hydrogen) atoms. The molecule has 1 aromatic carbocycles. The lowest BCUT2D eigenvalue weighted by molar-refractivity contribution is -0.119. The average Bonchev–Trinajstić information content (AvgIpc) is 2.91. The second-order valence-corrected chi connectivity index (χ2v) is 8.12. The average molecular weight is 393 g/mol. The van der Waals surface area contributed by atoms with E-state index in [9.17, 15) is 4.79 Å². The molecule has 0 aliphatic carbocycles. The van der Waals surface area contributed by atoms with Crippen molar-refractivity contribution >= 4 is 35.0 Å². The van der Waals surface area contributed by atoms with Gasteiger partial charge in [-0.15, -0.1) is 10.2 Å². The zero-order valence-electron chi connectivity index (χ0n) is 15.4. The van der Waals surface area contributed by atoms with E-state index in [1.807, 2.05) is 62.6 Å². The molecule has 0 atom stereocenters. The topological polar surface area (TPSA) is 83.9 Å². The van der Waals surface area contributed by atoms with Crippen molar-refractivity contribution in [1.82, 2.24) is 30.9 Å². The van der Waals surface area contributed by atoms with Crippen LogP contribution in [0.2, 0.25) is 0 Å². The maximum Gasteiger partial charge on any atom is 0.248 e. The van der Waals surface area contributed by atoms with Gasteiger partial charge in [-0.1, -0.05) is 42.1 Å². The van der Waals surface area contributed by atoms with Gasteiger partial charge in [-0.3, -0.25) is 15.6 Å². The third kappa shape index (κ3) is 6.64. The molecule has 1 amide bonds. The number of hydrogen-bond donors (Lipinski definition) is 3. The molecule has 0 radical (unpaired) electrons. The van der Waals surface area contributed by atoms with Crippen LogP contribution in [0, 0.1) is 6.92 Å². The van der Waals surface area contributed by atoms with Crippen LogP contribution in [0.5, 0.6) is 0 Å². The molecule has 9 heteroatoms. The molecule has 1 heterocycles. The fourth-order valence-corrected chi connectivity index (χ4v) is 3.22. The highest BCUT2D eigenvalue weighted by molar-refractivity contribution is 7.99. The molecule has 2 rings (SSSR count). The molecule has 2 aromatic rings. The van der Waals surface area contributed by atoms with Crippen molar-refractivity contribution in [3.8, 4) is 0 Å². The summed E-state index contributed by atoms with van der Waals surface area (Å²) in [7, 11) is 0.